The quantitative estimate of drug-likeness (QED) is 0.586. The van der Waals surface area contributed by atoms with Gasteiger partial charge in [-0.25, -0.2) is 9.07 Å². The highest BCUT2D eigenvalue weighted by Crippen LogP contribution is 2.36. The van der Waals surface area contributed by atoms with Gasteiger partial charge in [0.25, 0.3) is 5.24 Å². The van der Waals surface area contributed by atoms with Crippen molar-refractivity contribution in [1.82, 2.24) is 9.78 Å². The van der Waals surface area contributed by atoms with Crippen molar-refractivity contribution < 1.29 is 35.5 Å². The van der Waals surface area contributed by atoms with Crippen LogP contribution < -0.4 is 0 Å². The van der Waals surface area contributed by atoms with Crippen molar-refractivity contribution >= 4 is 16.8 Å². The average molecular weight is 361 g/mol. The molecule has 0 aliphatic rings. The van der Waals surface area contributed by atoms with E-state index in [1.807, 2.05) is 0 Å². The fourth-order valence-corrected chi connectivity index (χ4v) is 1.90. The minimum Gasteiger partial charge on any atom is -0.274 e. The van der Waals surface area contributed by atoms with Gasteiger partial charge >= 0.3 is 12.4 Å². The Morgan fingerprint density at radius 3 is 2.13 bits per heavy atom. The highest BCUT2D eigenvalue weighted by molar-refractivity contribution is 6.67. The second-order valence-corrected chi connectivity index (χ2v) is 4.60. The number of alkyl halides is 6. The lowest BCUT2D eigenvalue weighted by Gasteiger charge is -2.14. The van der Waals surface area contributed by atoms with Gasteiger partial charge in [-0.1, -0.05) is 0 Å². The number of carbonyl (C=O) groups excluding carboxylic acids is 1. The second-order valence-electron chi connectivity index (χ2n) is 4.26. The zero-order chi connectivity index (χ0) is 17.6. The third-order valence-corrected chi connectivity index (χ3v) is 2.89. The van der Waals surface area contributed by atoms with Crippen LogP contribution in [-0.4, -0.2) is 15.0 Å². The molecule has 0 atom stereocenters. The van der Waals surface area contributed by atoms with Crippen molar-refractivity contribution in [2.45, 2.75) is 12.4 Å². The molecule has 0 bridgehead atoms. The van der Waals surface area contributed by atoms with Crippen LogP contribution in [0.15, 0.2) is 24.3 Å². The molecule has 0 aliphatic carbocycles. The van der Waals surface area contributed by atoms with Gasteiger partial charge in [-0.2, -0.15) is 31.4 Å². The van der Waals surface area contributed by atoms with Gasteiger partial charge in [0.15, 0.2) is 5.69 Å². The van der Waals surface area contributed by atoms with Crippen LogP contribution in [0, 0.1) is 5.82 Å². The van der Waals surface area contributed by atoms with Gasteiger partial charge in [-0.3, -0.25) is 4.79 Å². The molecule has 11 heteroatoms. The summed E-state index contributed by atoms with van der Waals surface area (Å²) in [4.78, 5) is 11.2. The Balaban J connectivity index is 2.77. The van der Waals surface area contributed by atoms with Gasteiger partial charge in [0.1, 0.15) is 11.5 Å². The fraction of sp³-hybridized carbons (Fsp3) is 0.167. The summed E-state index contributed by atoms with van der Waals surface area (Å²) < 4.78 is 89.9. The first-order valence-electron chi connectivity index (χ1n) is 5.65. The van der Waals surface area contributed by atoms with Crippen molar-refractivity contribution in [2.75, 3.05) is 0 Å². The molecule has 2 rings (SSSR count). The number of rotatable bonds is 2. The Bertz CT molecular complexity index is 764. The lowest BCUT2D eigenvalue weighted by atomic mass is 10.1. The lowest BCUT2D eigenvalue weighted by molar-refractivity contribution is -0.141. The largest absolute Gasteiger partial charge is 0.435 e. The summed E-state index contributed by atoms with van der Waals surface area (Å²) in [6, 6.07) is 1.42. The summed E-state index contributed by atoms with van der Waals surface area (Å²) in [6.45, 7) is 0. The molecule has 1 heterocycles. The van der Waals surface area contributed by atoms with Crippen LogP contribution in [-0.2, 0) is 12.4 Å². The van der Waals surface area contributed by atoms with Crippen LogP contribution in [0.2, 0.25) is 0 Å². The maximum Gasteiger partial charge on any atom is 0.435 e. The molecule has 1 aromatic heterocycles. The van der Waals surface area contributed by atoms with Gasteiger partial charge in [0.05, 0.1) is 11.3 Å². The number of hydrogen-bond donors (Lipinski definition) is 0. The Hall–Kier alpha value is -2.10. The van der Waals surface area contributed by atoms with Crippen molar-refractivity contribution in [1.29, 1.82) is 0 Å². The van der Waals surface area contributed by atoms with E-state index in [4.69, 9.17) is 11.6 Å². The molecule has 1 aromatic carbocycles. The normalized spacial score (nSPS) is 12.5. The van der Waals surface area contributed by atoms with Crippen LogP contribution in [0.25, 0.3) is 5.69 Å². The van der Waals surface area contributed by atoms with E-state index < -0.39 is 46.1 Å². The number of hydrogen-bond acceptors (Lipinski definition) is 2. The number of carbonyl (C=O) groups is 1. The third-order valence-electron chi connectivity index (χ3n) is 2.69. The monoisotopic (exact) mass is 360 g/mol. The van der Waals surface area contributed by atoms with Gasteiger partial charge in [0, 0.05) is 6.07 Å². The number of aromatic nitrogens is 2. The highest BCUT2D eigenvalue weighted by Gasteiger charge is 2.39. The third kappa shape index (κ3) is 3.46. The molecule has 0 saturated heterocycles. The highest BCUT2D eigenvalue weighted by atomic mass is 35.5. The molecule has 0 spiro atoms. The van der Waals surface area contributed by atoms with E-state index in [0.29, 0.717) is 12.1 Å². The Morgan fingerprint density at radius 1 is 1.04 bits per heavy atom. The van der Waals surface area contributed by atoms with Gasteiger partial charge in [-0.05, 0) is 29.8 Å². The van der Waals surface area contributed by atoms with Crippen LogP contribution in [0.3, 0.4) is 0 Å². The number of nitrogens with zero attached hydrogens (tertiary/aromatic N) is 2. The van der Waals surface area contributed by atoms with Crippen LogP contribution >= 0.6 is 11.6 Å². The first-order valence-corrected chi connectivity index (χ1v) is 6.03. The molecular weight excluding hydrogens is 357 g/mol. The molecule has 3 nitrogen and oxygen atoms in total. The lowest BCUT2D eigenvalue weighted by Crippen LogP contribution is -2.15. The SMILES string of the molecule is O=C(Cl)c1cc(C(F)(F)F)nn1-c1ccc(F)cc1C(F)(F)F. The standard InChI is InChI=1S/C12H4ClF7N2O/c13-10(23)8-4-9(12(18,19)20)21-22(8)7-2-1-5(14)3-6(7)11(15,16)17/h1-4H. The van der Waals surface area contributed by atoms with Gasteiger partial charge in [-0.15, -0.1) is 0 Å². The zero-order valence-electron chi connectivity index (χ0n) is 10.6. The fourth-order valence-electron chi connectivity index (χ4n) is 1.76. The number of halogens is 8. The van der Waals surface area contributed by atoms with Crippen molar-refractivity contribution in [3.63, 3.8) is 0 Å². The summed E-state index contributed by atoms with van der Waals surface area (Å²) in [5.41, 5.74) is -5.11. The van der Waals surface area contributed by atoms with E-state index in [0.717, 1.165) is 0 Å². The summed E-state index contributed by atoms with van der Waals surface area (Å²) in [7, 11) is 0. The Kier molecular flexibility index (Phi) is 4.14. The average Bonchev–Trinajstić information content (AvgIpc) is 2.82. The molecule has 0 radical (unpaired) electrons. The maximum atomic E-state index is 13.0. The van der Waals surface area contributed by atoms with Crippen molar-refractivity contribution in [3.05, 3.63) is 47.0 Å². The first kappa shape index (κ1) is 17.3. The van der Waals surface area contributed by atoms with Gasteiger partial charge < -0.3 is 0 Å². The Labute approximate surface area is 128 Å². The van der Waals surface area contributed by atoms with E-state index in [1.54, 1.807) is 0 Å². The molecule has 0 unspecified atom stereocenters. The van der Waals surface area contributed by atoms with Crippen LogP contribution in [0.4, 0.5) is 30.7 Å². The van der Waals surface area contributed by atoms with Crippen LogP contribution in [0.1, 0.15) is 21.7 Å². The molecule has 0 amide bonds. The first-order chi connectivity index (χ1) is 10.4. The van der Waals surface area contributed by atoms with E-state index in [9.17, 15) is 35.5 Å². The van der Waals surface area contributed by atoms with Gasteiger partial charge in [0.2, 0.25) is 0 Å². The summed E-state index contributed by atoms with van der Waals surface area (Å²) >= 11 is 5.10. The van der Waals surface area contributed by atoms with Crippen molar-refractivity contribution in [2.24, 2.45) is 0 Å². The number of benzene rings is 1. The molecule has 2 aromatic rings. The van der Waals surface area contributed by atoms with Crippen molar-refractivity contribution in [3.8, 4) is 5.69 Å². The molecule has 0 saturated carbocycles. The summed E-state index contributed by atoms with van der Waals surface area (Å²) in [5.74, 6) is -1.26. The molecular formula is C12H4ClF7N2O. The van der Waals surface area contributed by atoms with Crippen LogP contribution in [0.5, 0.6) is 0 Å². The maximum absolute atomic E-state index is 13.0. The molecule has 0 N–H and O–H groups in total. The minimum atomic E-state index is -5.09. The Morgan fingerprint density at radius 2 is 1.65 bits per heavy atom. The summed E-state index contributed by atoms with van der Waals surface area (Å²) in [6.07, 6.45) is -10.1. The second kappa shape index (κ2) is 5.52. The van der Waals surface area contributed by atoms with E-state index in [-0.39, 0.29) is 16.8 Å². The zero-order valence-corrected chi connectivity index (χ0v) is 11.4. The smallest absolute Gasteiger partial charge is 0.274 e. The molecule has 23 heavy (non-hydrogen) atoms. The summed E-state index contributed by atoms with van der Waals surface area (Å²) in [5, 5.41) is 1.49. The van der Waals surface area contributed by atoms with E-state index in [1.165, 1.54) is 0 Å². The molecule has 0 aliphatic heterocycles. The molecule has 124 valence electrons. The molecule has 0 fully saturated rings. The predicted octanol–water partition coefficient (Wildman–Crippen LogP) is 4.43. The minimum absolute atomic E-state index is 0.0762. The predicted molar refractivity (Wildman–Crippen MR) is 63.7 cm³/mol. The topological polar surface area (TPSA) is 34.9 Å². The van der Waals surface area contributed by atoms with E-state index >= 15 is 0 Å². The van der Waals surface area contributed by atoms with E-state index in [2.05, 4.69) is 5.10 Å².